The van der Waals surface area contributed by atoms with Crippen LogP contribution in [0.15, 0.2) is 48.9 Å². The van der Waals surface area contributed by atoms with E-state index in [1.54, 1.807) is 25.5 Å². The van der Waals surface area contributed by atoms with E-state index < -0.39 is 11.6 Å². The van der Waals surface area contributed by atoms with Crippen molar-refractivity contribution >= 4 is 41.2 Å². The van der Waals surface area contributed by atoms with Crippen LogP contribution in [0.3, 0.4) is 0 Å². The number of rotatable bonds is 7. The van der Waals surface area contributed by atoms with Crippen molar-refractivity contribution in [3.63, 3.8) is 0 Å². The molecule has 1 aliphatic carbocycles. The molecule has 2 aromatic carbocycles. The summed E-state index contributed by atoms with van der Waals surface area (Å²) in [6.07, 6.45) is 8.74. The first-order valence-corrected chi connectivity index (χ1v) is 15.1. The molecule has 2 aromatic heterocycles. The molecule has 0 spiro atoms. The second-order valence-corrected chi connectivity index (χ2v) is 11.8. The molecular weight excluding hydrogens is 521 g/mol. The number of fused-ring (bicyclic) bond motifs is 1. The Morgan fingerprint density at radius 3 is 2.55 bits per heavy atom. The molecule has 4 aromatic rings. The number of halogens is 2. The standard InChI is InChI=1S/C29H31F2N4OPS/c1-17-26-22(30)9-10-23(31)28(26)38-27(17)29(36)35(21-7-5-20(32-2)6-8-21)16-19-14-18(4-11-25(19)37-3)24-15-33-12-13-34-24/h4,9-15,20-21,32,37H,5-8,16H2,1-3H3. The number of carbonyl (C=O) groups excluding carboxylic acids is 1. The van der Waals surface area contributed by atoms with Crippen LogP contribution in [0.4, 0.5) is 8.78 Å². The van der Waals surface area contributed by atoms with Gasteiger partial charge in [0.1, 0.15) is 11.6 Å². The number of nitrogens with zero attached hydrogens (tertiary/aromatic N) is 3. The molecule has 1 amide bonds. The lowest BCUT2D eigenvalue weighted by Gasteiger charge is -2.37. The maximum atomic E-state index is 14.7. The molecule has 1 N–H and O–H groups in total. The van der Waals surface area contributed by atoms with E-state index in [9.17, 15) is 13.6 Å². The van der Waals surface area contributed by atoms with E-state index in [0.717, 1.165) is 66.0 Å². The van der Waals surface area contributed by atoms with Crippen molar-refractivity contribution in [1.29, 1.82) is 0 Å². The highest BCUT2D eigenvalue weighted by molar-refractivity contribution is 7.46. The molecule has 2 heterocycles. The first-order chi connectivity index (χ1) is 18.4. The van der Waals surface area contributed by atoms with Gasteiger partial charge in [-0.3, -0.25) is 14.8 Å². The molecule has 0 radical (unpaired) electrons. The van der Waals surface area contributed by atoms with E-state index >= 15 is 0 Å². The summed E-state index contributed by atoms with van der Waals surface area (Å²) in [5.74, 6) is -1.16. The Morgan fingerprint density at radius 2 is 1.89 bits per heavy atom. The number of hydrogen-bond acceptors (Lipinski definition) is 5. The van der Waals surface area contributed by atoms with Crippen LogP contribution in [0.2, 0.25) is 0 Å². The summed E-state index contributed by atoms with van der Waals surface area (Å²) in [6.45, 7) is 4.28. The lowest BCUT2D eigenvalue weighted by Crippen LogP contribution is -2.44. The molecule has 0 aliphatic heterocycles. The van der Waals surface area contributed by atoms with Crippen LogP contribution in [0.25, 0.3) is 21.3 Å². The second kappa shape index (κ2) is 11.5. The minimum absolute atomic E-state index is 0.0413. The van der Waals surface area contributed by atoms with Crippen molar-refractivity contribution in [2.45, 2.75) is 51.2 Å². The smallest absolute Gasteiger partial charge is 0.264 e. The highest BCUT2D eigenvalue weighted by atomic mass is 32.1. The molecule has 0 saturated heterocycles. The summed E-state index contributed by atoms with van der Waals surface area (Å²) < 4.78 is 29.5. The van der Waals surface area contributed by atoms with E-state index in [-0.39, 0.29) is 22.0 Å². The van der Waals surface area contributed by atoms with Crippen molar-refractivity contribution < 1.29 is 13.6 Å². The van der Waals surface area contributed by atoms with Gasteiger partial charge in [0.15, 0.2) is 0 Å². The van der Waals surface area contributed by atoms with E-state index in [1.165, 1.54) is 5.30 Å². The third-order valence-electron chi connectivity index (χ3n) is 7.55. The molecule has 1 atom stereocenters. The van der Waals surface area contributed by atoms with Gasteiger partial charge in [0.25, 0.3) is 5.91 Å². The summed E-state index contributed by atoms with van der Waals surface area (Å²) in [4.78, 5) is 25.2. The summed E-state index contributed by atoms with van der Waals surface area (Å²) >= 11 is 1.06. The average Bonchev–Trinajstić information content (AvgIpc) is 3.32. The number of thiophene rings is 1. The monoisotopic (exact) mass is 552 g/mol. The predicted octanol–water partition coefficient (Wildman–Crippen LogP) is 6.05. The Morgan fingerprint density at radius 1 is 1.13 bits per heavy atom. The molecule has 1 saturated carbocycles. The van der Waals surface area contributed by atoms with Gasteiger partial charge in [0.2, 0.25) is 0 Å². The third kappa shape index (κ3) is 5.22. The van der Waals surface area contributed by atoms with Gasteiger partial charge in [-0.1, -0.05) is 20.7 Å². The molecule has 9 heteroatoms. The van der Waals surface area contributed by atoms with Gasteiger partial charge in [0, 0.05) is 42.0 Å². The van der Waals surface area contributed by atoms with E-state index in [1.807, 2.05) is 18.0 Å². The predicted molar refractivity (Wildman–Crippen MR) is 153 cm³/mol. The van der Waals surface area contributed by atoms with Crippen molar-refractivity contribution in [1.82, 2.24) is 20.2 Å². The van der Waals surface area contributed by atoms with Gasteiger partial charge in [-0.25, -0.2) is 8.78 Å². The first-order valence-electron chi connectivity index (χ1n) is 12.8. The highest BCUT2D eigenvalue weighted by Gasteiger charge is 2.32. The van der Waals surface area contributed by atoms with Gasteiger partial charge in [-0.15, -0.1) is 11.3 Å². The fourth-order valence-corrected chi connectivity index (χ4v) is 7.32. The lowest BCUT2D eigenvalue weighted by atomic mass is 9.89. The number of hydrogen-bond donors (Lipinski definition) is 1. The van der Waals surface area contributed by atoms with E-state index in [4.69, 9.17) is 0 Å². The van der Waals surface area contributed by atoms with E-state index in [2.05, 4.69) is 34.1 Å². The van der Waals surface area contributed by atoms with Gasteiger partial charge in [-0.05, 0) is 81.0 Å². The maximum Gasteiger partial charge on any atom is 0.264 e. The number of aryl methyl sites for hydroxylation is 1. The fraction of sp³-hybridized carbons (Fsp3) is 0.345. The van der Waals surface area contributed by atoms with Crippen LogP contribution in [0, 0.1) is 18.6 Å². The zero-order valence-corrected chi connectivity index (χ0v) is 23.5. The third-order valence-corrected chi connectivity index (χ3v) is 9.87. The molecular formula is C29H31F2N4OPS. The molecule has 5 nitrogen and oxygen atoms in total. The van der Waals surface area contributed by atoms with E-state index in [0.29, 0.717) is 31.6 Å². The van der Waals surface area contributed by atoms with Crippen LogP contribution in [-0.4, -0.2) is 46.6 Å². The van der Waals surface area contributed by atoms with Crippen molar-refractivity contribution in [3.05, 3.63) is 76.6 Å². The number of carbonyl (C=O) groups is 1. The Kier molecular flexibility index (Phi) is 8.12. The second-order valence-electron chi connectivity index (χ2n) is 9.73. The van der Waals surface area contributed by atoms with Gasteiger partial charge in [-0.2, -0.15) is 0 Å². The zero-order valence-electron chi connectivity index (χ0n) is 21.7. The number of aromatic nitrogens is 2. The SMILES string of the molecule is CNC1CCC(N(Cc2cc(-c3cnccn3)ccc2PC)C(=O)c2sc3c(F)ccc(F)c3c2C)CC1. The minimum Gasteiger partial charge on any atom is -0.331 e. The Hall–Kier alpha value is -2.80. The van der Waals surface area contributed by atoms with Crippen LogP contribution in [0.1, 0.15) is 46.5 Å². The first kappa shape index (κ1) is 26.8. The zero-order chi connectivity index (χ0) is 26.8. The fourth-order valence-electron chi connectivity index (χ4n) is 5.41. The van der Waals surface area contributed by atoms with Gasteiger partial charge >= 0.3 is 0 Å². The molecule has 198 valence electrons. The van der Waals surface area contributed by atoms with Crippen LogP contribution < -0.4 is 10.6 Å². The van der Waals surface area contributed by atoms with Gasteiger partial charge in [0.05, 0.1) is 21.5 Å². The minimum atomic E-state index is -0.499. The Bertz CT molecular complexity index is 1450. The molecule has 1 unspecified atom stereocenters. The summed E-state index contributed by atoms with van der Waals surface area (Å²) in [5, 5.41) is 4.75. The molecule has 1 fully saturated rings. The topological polar surface area (TPSA) is 58.1 Å². The van der Waals surface area contributed by atoms with Gasteiger partial charge < -0.3 is 10.2 Å². The Labute approximate surface area is 227 Å². The molecule has 0 bridgehead atoms. The lowest BCUT2D eigenvalue weighted by molar-refractivity contribution is 0.0606. The largest absolute Gasteiger partial charge is 0.331 e. The Balaban J connectivity index is 1.56. The quantitative estimate of drug-likeness (QED) is 0.284. The molecule has 38 heavy (non-hydrogen) atoms. The number of benzene rings is 2. The maximum absolute atomic E-state index is 14.7. The van der Waals surface area contributed by atoms with Crippen LogP contribution in [-0.2, 0) is 6.54 Å². The summed E-state index contributed by atoms with van der Waals surface area (Å²) in [6, 6.07) is 9.00. The highest BCUT2D eigenvalue weighted by Crippen LogP contribution is 2.37. The van der Waals surface area contributed by atoms with Crippen molar-refractivity contribution in [3.8, 4) is 11.3 Å². The molecule has 1 aliphatic rings. The summed E-state index contributed by atoms with van der Waals surface area (Å²) in [7, 11) is 2.53. The van der Waals surface area contributed by atoms with Crippen molar-refractivity contribution in [2.24, 2.45) is 0 Å². The summed E-state index contributed by atoms with van der Waals surface area (Å²) in [5.41, 5.74) is 3.29. The molecule has 5 rings (SSSR count). The van der Waals surface area contributed by atoms with Crippen molar-refractivity contribution in [2.75, 3.05) is 13.7 Å². The van der Waals surface area contributed by atoms with Crippen LogP contribution in [0.5, 0.6) is 0 Å². The average molecular weight is 553 g/mol. The number of nitrogens with one attached hydrogen (secondary N) is 1. The number of amides is 1. The normalized spacial score (nSPS) is 17.9. The van der Waals surface area contributed by atoms with Crippen LogP contribution >= 0.6 is 19.9 Å².